The van der Waals surface area contributed by atoms with Gasteiger partial charge in [-0.1, -0.05) is 29.8 Å². The monoisotopic (exact) mass is 407 g/mol. The maximum absolute atomic E-state index is 12.6. The lowest BCUT2D eigenvalue weighted by Gasteiger charge is -2.07. The molecule has 0 spiro atoms. The van der Waals surface area contributed by atoms with Crippen LogP contribution in [0, 0.1) is 13.8 Å². The van der Waals surface area contributed by atoms with Crippen LogP contribution in [0.15, 0.2) is 63.8 Å². The van der Waals surface area contributed by atoms with Crippen LogP contribution in [0.2, 0.25) is 5.02 Å². The van der Waals surface area contributed by atoms with E-state index in [1.165, 1.54) is 12.1 Å². The van der Waals surface area contributed by atoms with Gasteiger partial charge in [0, 0.05) is 28.9 Å². The number of carbonyl (C=O) groups is 1. The van der Waals surface area contributed by atoms with Crippen molar-refractivity contribution in [2.24, 2.45) is 0 Å². The van der Waals surface area contributed by atoms with Crippen molar-refractivity contribution >= 4 is 28.5 Å². The third-order valence-corrected chi connectivity index (χ3v) is 5.02. The van der Waals surface area contributed by atoms with E-state index in [2.05, 4.69) is 10.4 Å². The summed E-state index contributed by atoms with van der Waals surface area (Å²) in [7, 11) is 0. The second-order valence-corrected chi connectivity index (χ2v) is 7.13. The molecular formula is C22H18ClN3O3. The molecule has 146 valence electrons. The average molecular weight is 408 g/mol. The number of halogens is 1. The van der Waals surface area contributed by atoms with E-state index in [0.717, 1.165) is 22.6 Å². The fourth-order valence-corrected chi connectivity index (χ4v) is 3.42. The molecular weight excluding hydrogens is 390 g/mol. The van der Waals surface area contributed by atoms with E-state index >= 15 is 0 Å². The Kier molecular flexibility index (Phi) is 4.94. The summed E-state index contributed by atoms with van der Waals surface area (Å²) in [5.74, 6) is -0.513. The molecule has 7 heteroatoms. The molecule has 0 fully saturated rings. The summed E-state index contributed by atoms with van der Waals surface area (Å²) in [5.41, 5.74) is 3.62. The summed E-state index contributed by atoms with van der Waals surface area (Å²) in [6, 6.07) is 15.7. The fourth-order valence-electron chi connectivity index (χ4n) is 3.25. The van der Waals surface area contributed by atoms with Crippen molar-refractivity contribution in [3.63, 3.8) is 0 Å². The van der Waals surface area contributed by atoms with Gasteiger partial charge >= 0.3 is 0 Å². The summed E-state index contributed by atoms with van der Waals surface area (Å²) < 4.78 is 7.44. The first-order valence-electron chi connectivity index (χ1n) is 9.06. The number of aromatic nitrogens is 2. The Bertz CT molecular complexity index is 1280. The Hall–Kier alpha value is -3.38. The minimum atomic E-state index is -0.467. The number of para-hydroxylation sites is 1. The van der Waals surface area contributed by atoms with Gasteiger partial charge in [-0.25, -0.2) is 4.68 Å². The van der Waals surface area contributed by atoms with Crippen molar-refractivity contribution in [2.45, 2.75) is 20.4 Å². The molecule has 0 aliphatic carbocycles. The maximum atomic E-state index is 12.6. The lowest BCUT2D eigenvalue weighted by Crippen LogP contribution is -2.24. The van der Waals surface area contributed by atoms with Crippen molar-refractivity contribution in [3.05, 3.63) is 92.6 Å². The van der Waals surface area contributed by atoms with E-state index in [1.807, 2.05) is 48.9 Å². The zero-order valence-corrected chi connectivity index (χ0v) is 16.7. The Morgan fingerprint density at radius 1 is 1.14 bits per heavy atom. The molecule has 1 amide bonds. The number of hydrogen-bond acceptors (Lipinski definition) is 4. The van der Waals surface area contributed by atoms with Gasteiger partial charge in [0.1, 0.15) is 5.58 Å². The van der Waals surface area contributed by atoms with E-state index in [-0.39, 0.29) is 17.7 Å². The summed E-state index contributed by atoms with van der Waals surface area (Å²) in [5, 5.41) is 8.16. The van der Waals surface area contributed by atoms with Crippen LogP contribution in [0.1, 0.15) is 27.5 Å². The number of aryl methyl sites for hydroxylation is 1. The van der Waals surface area contributed by atoms with Gasteiger partial charge in [-0.15, -0.1) is 0 Å². The highest BCUT2D eigenvalue weighted by molar-refractivity contribution is 6.31. The quantitative estimate of drug-likeness (QED) is 0.550. The first-order chi connectivity index (χ1) is 13.9. The fraction of sp³-hybridized carbons (Fsp3) is 0.136. The summed E-state index contributed by atoms with van der Waals surface area (Å²) in [6.07, 6.45) is 0. The highest BCUT2D eigenvalue weighted by Gasteiger charge is 2.16. The number of benzene rings is 2. The SMILES string of the molecule is Cc1nn(-c2ccccc2)c(C)c1CNC(=O)c1cc(=O)c2cc(Cl)ccc2o1. The van der Waals surface area contributed by atoms with Crippen LogP contribution in [-0.4, -0.2) is 15.7 Å². The highest BCUT2D eigenvalue weighted by atomic mass is 35.5. The van der Waals surface area contributed by atoms with Crippen LogP contribution < -0.4 is 10.7 Å². The van der Waals surface area contributed by atoms with Crippen molar-refractivity contribution in [3.8, 4) is 5.69 Å². The molecule has 0 unspecified atom stereocenters. The number of carbonyl (C=O) groups excluding carboxylic acids is 1. The van der Waals surface area contributed by atoms with Gasteiger partial charge in [0.05, 0.1) is 16.8 Å². The van der Waals surface area contributed by atoms with Gasteiger partial charge in [-0.2, -0.15) is 5.10 Å². The van der Waals surface area contributed by atoms with Crippen LogP contribution in [0.25, 0.3) is 16.7 Å². The standard InChI is InChI=1S/C22H18ClN3O3/c1-13-18(14(2)26(25-13)16-6-4-3-5-7-16)12-24-22(28)21-11-19(27)17-10-15(23)8-9-20(17)29-21/h3-11H,12H2,1-2H3,(H,24,28). The zero-order valence-electron chi connectivity index (χ0n) is 15.9. The van der Waals surface area contributed by atoms with Crippen LogP contribution >= 0.6 is 11.6 Å². The molecule has 6 nitrogen and oxygen atoms in total. The molecule has 4 aromatic rings. The van der Waals surface area contributed by atoms with Gasteiger partial charge in [-0.05, 0) is 44.2 Å². The van der Waals surface area contributed by atoms with Gasteiger partial charge in [0.25, 0.3) is 5.91 Å². The summed E-state index contributed by atoms with van der Waals surface area (Å²) in [4.78, 5) is 24.9. The Morgan fingerprint density at radius 3 is 2.66 bits per heavy atom. The number of nitrogens with zero attached hydrogens (tertiary/aromatic N) is 2. The molecule has 2 heterocycles. The number of rotatable bonds is 4. The molecule has 0 bridgehead atoms. The number of hydrogen-bond donors (Lipinski definition) is 1. The summed E-state index contributed by atoms with van der Waals surface area (Å²) in [6.45, 7) is 4.12. The minimum Gasteiger partial charge on any atom is -0.451 e. The lowest BCUT2D eigenvalue weighted by atomic mass is 10.2. The molecule has 0 aliphatic rings. The van der Waals surface area contributed by atoms with Gasteiger partial charge in [0.2, 0.25) is 0 Å². The smallest absolute Gasteiger partial charge is 0.287 e. The van der Waals surface area contributed by atoms with Crippen LogP contribution in [0.4, 0.5) is 0 Å². The van der Waals surface area contributed by atoms with E-state index in [4.69, 9.17) is 16.0 Å². The van der Waals surface area contributed by atoms with E-state index in [9.17, 15) is 9.59 Å². The molecule has 0 atom stereocenters. The summed E-state index contributed by atoms with van der Waals surface area (Å²) >= 11 is 5.92. The first kappa shape index (κ1) is 19.0. The Morgan fingerprint density at radius 2 is 1.90 bits per heavy atom. The highest BCUT2D eigenvalue weighted by Crippen LogP contribution is 2.19. The molecule has 0 saturated heterocycles. The largest absolute Gasteiger partial charge is 0.451 e. The van der Waals surface area contributed by atoms with Crippen LogP contribution in [0.5, 0.6) is 0 Å². The Balaban J connectivity index is 1.58. The molecule has 0 saturated carbocycles. The van der Waals surface area contributed by atoms with E-state index in [1.54, 1.807) is 12.1 Å². The van der Waals surface area contributed by atoms with Crippen LogP contribution in [0.3, 0.4) is 0 Å². The average Bonchev–Trinajstić information content (AvgIpc) is 3.01. The number of amides is 1. The molecule has 1 N–H and O–H groups in total. The maximum Gasteiger partial charge on any atom is 0.287 e. The van der Waals surface area contributed by atoms with Gasteiger partial charge < -0.3 is 9.73 Å². The molecule has 2 aromatic heterocycles. The minimum absolute atomic E-state index is 0.0458. The van der Waals surface area contributed by atoms with Crippen molar-refractivity contribution in [2.75, 3.05) is 0 Å². The number of fused-ring (bicyclic) bond motifs is 1. The second-order valence-electron chi connectivity index (χ2n) is 6.69. The number of nitrogens with one attached hydrogen (secondary N) is 1. The van der Waals surface area contributed by atoms with E-state index in [0.29, 0.717) is 16.0 Å². The zero-order chi connectivity index (χ0) is 20.5. The second kappa shape index (κ2) is 7.56. The van der Waals surface area contributed by atoms with Gasteiger partial charge in [-0.3, -0.25) is 9.59 Å². The van der Waals surface area contributed by atoms with Crippen molar-refractivity contribution < 1.29 is 9.21 Å². The molecule has 2 aromatic carbocycles. The molecule has 29 heavy (non-hydrogen) atoms. The first-order valence-corrected chi connectivity index (χ1v) is 9.44. The van der Waals surface area contributed by atoms with Crippen molar-refractivity contribution in [1.29, 1.82) is 0 Å². The van der Waals surface area contributed by atoms with E-state index < -0.39 is 5.91 Å². The topological polar surface area (TPSA) is 77.1 Å². The predicted octanol–water partition coefficient (Wildman–Crippen LogP) is 4.18. The van der Waals surface area contributed by atoms with Crippen LogP contribution in [-0.2, 0) is 6.54 Å². The third kappa shape index (κ3) is 3.67. The van der Waals surface area contributed by atoms with Gasteiger partial charge in [0.15, 0.2) is 11.2 Å². The molecule has 4 rings (SSSR count). The molecule has 0 aliphatic heterocycles. The molecule has 0 radical (unpaired) electrons. The Labute approximate surface area is 171 Å². The normalized spacial score (nSPS) is 11.0. The predicted molar refractivity (Wildman–Crippen MR) is 112 cm³/mol. The lowest BCUT2D eigenvalue weighted by molar-refractivity contribution is 0.0923. The third-order valence-electron chi connectivity index (χ3n) is 4.78. The van der Waals surface area contributed by atoms with Crippen molar-refractivity contribution in [1.82, 2.24) is 15.1 Å².